The van der Waals surface area contributed by atoms with Crippen LogP contribution in [0.3, 0.4) is 0 Å². The van der Waals surface area contributed by atoms with Gasteiger partial charge >= 0.3 is 0 Å². The van der Waals surface area contributed by atoms with E-state index in [1.807, 2.05) is 32.0 Å². The third-order valence-electron chi connectivity index (χ3n) is 4.78. The van der Waals surface area contributed by atoms with Crippen molar-refractivity contribution in [1.29, 1.82) is 0 Å². The maximum atomic E-state index is 12.9. The minimum Gasteiger partial charge on any atom is -0.367 e. The molecular weight excluding hydrogens is 356 g/mol. The van der Waals surface area contributed by atoms with Gasteiger partial charge in [0.15, 0.2) is 0 Å². The van der Waals surface area contributed by atoms with Crippen LogP contribution in [0.2, 0.25) is 0 Å². The first kappa shape index (κ1) is 18.1. The van der Waals surface area contributed by atoms with E-state index >= 15 is 0 Å². The molecule has 1 amide bonds. The van der Waals surface area contributed by atoms with Gasteiger partial charge in [-0.1, -0.05) is 11.2 Å². The van der Waals surface area contributed by atoms with Crippen molar-refractivity contribution in [3.63, 3.8) is 0 Å². The molecule has 8 heteroatoms. The van der Waals surface area contributed by atoms with Gasteiger partial charge in [-0.3, -0.25) is 9.78 Å². The largest absolute Gasteiger partial charge is 0.367 e. The van der Waals surface area contributed by atoms with Gasteiger partial charge in [-0.2, -0.15) is 0 Å². The summed E-state index contributed by atoms with van der Waals surface area (Å²) in [7, 11) is 0. The standard InChI is InChI=1S/C20H22N6O2/c1-13-19(14(2)28-25-13)15-4-3-5-16(23-15)20(27)24-17-12-22-7-6-18(17)26-10-8-21-9-11-26/h3-7,12,21H,8-11H2,1-2H3,(H,24,27). The van der Waals surface area contributed by atoms with Crippen LogP contribution in [-0.4, -0.2) is 47.2 Å². The molecular formula is C20H22N6O2. The number of aryl methyl sites for hydroxylation is 2. The first-order valence-electron chi connectivity index (χ1n) is 9.25. The van der Waals surface area contributed by atoms with Gasteiger partial charge in [-0.25, -0.2) is 4.98 Å². The van der Waals surface area contributed by atoms with Gasteiger partial charge in [-0.15, -0.1) is 0 Å². The number of carbonyl (C=O) groups excluding carboxylic acids is 1. The van der Waals surface area contributed by atoms with Gasteiger partial charge in [0.1, 0.15) is 11.5 Å². The fourth-order valence-corrected chi connectivity index (χ4v) is 3.40. The number of nitrogens with one attached hydrogen (secondary N) is 2. The Labute approximate surface area is 163 Å². The van der Waals surface area contributed by atoms with Crippen LogP contribution in [0, 0.1) is 13.8 Å². The van der Waals surface area contributed by atoms with Crippen LogP contribution < -0.4 is 15.5 Å². The van der Waals surface area contributed by atoms with E-state index in [2.05, 4.69) is 30.7 Å². The molecule has 0 unspecified atom stereocenters. The molecule has 3 aromatic rings. The average molecular weight is 378 g/mol. The molecule has 2 N–H and O–H groups in total. The summed E-state index contributed by atoms with van der Waals surface area (Å²) in [5.74, 6) is 0.397. The van der Waals surface area contributed by atoms with Crippen LogP contribution in [0.15, 0.2) is 41.2 Å². The number of piperazine rings is 1. The summed E-state index contributed by atoms with van der Waals surface area (Å²) in [6.07, 6.45) is 3.41. The molecule has 1 aliphatic heterocycles. The molecule has 0 aliphatic carbocycles. The van der Waals surface area contributed by atoms with Gasteiger partial charge < -0.3 is 20.1 Å². The van der Waals surface area contributed by atoms with Crippen molar-refractivity contribution < 1.29 is 9.32 Å². The van der Waals surface area contributed by atoms with Crippen molar-refractivity contribution in [2.45, 2.75) is 13.8 Å². The molecule has 0 radical (unpaired) electrons. The van der Waals surface area contributed by atoms with Gasteiger partial charge in [0, 0.05) is 32.4 Å². The van der Waals surface area contributed by atoms with Crippen LogP contribution in [0.1, 0.15) is 21.9 Å². The predicted octanol–water partition coefficient (Wildman–Crippen LogP) is 2.41. The molecule has 0 spiro atoms. The SMILES string of the molecule is Cc1noc(C)c1-c1cccc(C(=O)Nc2cnccc2N2CCNCC2)n1. The zero-order valence-corrected chi connectivity index (χ0v) is 15.9. The Bertz CT molecular complexity index is 974. The second-order valence-electron chi connectivity index (χ2n) is 6.69. The molecule has 3 aromatic heterocycles. The van der Waals surface area contributed by atoms with Crippen molar-refractivity contribution in [2.24, 2.45) is 0 Å². The number of pyridine rings is 2. The minimum absolute atomic E-state index is 0.280. The second-order valence-corrected chi connectivity index (χ2v) is 6.69. The molecule has 1 fully saturated rings. The van der Waals surface area contributed by atoms with E-state index in [1.165, 1.54) is 0 Å². The van der Waals surface area contributed by atoms with Gasteiger partial charge in [-0.05, 0) is 32.0 Å². The molecule has 0 aromatic carbocycles. The lowest BCUT2D eigenvalue weighted by Gasteiger charge is -2.30. The Morgan fingerprint density at radius 3 is 2.79 bits per heavy atom. The van der Waals surface area contributed by atoms with Crippen molar-refractivity contribution in [1.82, 2.24) is 20.4 Å². The van der Waals surface area contributed by atoms with Crippen molar-refractivity contribution in [3.05, 3.63) is 53.8 Å². The number of hydrogen-bond donors (Lipinski definition) is 2. The number of aromatic nitrogens is 3. The third kappa shape index (κ3) is 3.59. The molecule has 28 heavy (non-hydrogen) atoms. The van der Waals surface area contributed by atoms with E-state index in [-0.39, 0.29) is 5.91 Å². The maximum Gasteiger partial charge on any atom is 0.274 e. The van der Waals surface area contributed by atoms with Crippen LogP contribution in [0.5, 0.6) is 0 Å². The molecule has 1 aliphatic rings. The highest BCUT2D eigenvalue weighted by Gasteiger charge is 2.18. The highest BCUT2D eigenvalue weighted by atomic mass is 16.5. The lowest BCUT2D eigenvalue weighted by molar-refractivity contribution is 0.102. The maximum absolute atomic E-state index is 12.9. The number of carbonyl (C=O) groups is 1. The number of hydrogen-bond acceptors (Lipinski definition) is 7. The summed E-state index contributed by atoms with van der Waals surface area (Å²) >= 11 is 0. The Hall–Kier alpha value is -3.26. The fourth-order valence-electron chi connectivity index (χ4n) is 3.40. The van der Waals surface area contributed by atoms with Crippen molar-refractivity contribution in [2.75, 3.05) is 36.4 Å². The minimum atomic E-state index is -0.280. The quantitative estimate of drug-likeness (QED) is 0.720. The zero-order valence-electron chi connectivity index (χ0n) is 15.9. The summed E-state index contributed by atoms with van der Waals surface area (Å²) < 4.78 is 5.22. The topological polar surface area (TPSA) is 96.2 Å². The van der Waals surface area contributed by atoms with Gasteiger partial charge in [0.2, 0.25) is 0 Å². The molecule has 1 saturated heterocycles. The molecule has 4 heterocycles. The molecule has 0 bridgehead atoms. The Morgan fingerprint density at radius 1 is 1.21 bits per heavy atom. The summed E-state index contributed by atoms with van der Waals surface area (Å²) in [4.78, 5) is 23.8. The molecule has 144 valence electrons. The Morgan fingerprint density at radius 2 is 2.04 bits per heavy atom. The number of rotatable bonds is 4. The summed E-state index contributed by atoms with van der Waals surface area (Å²) in [5.41, 5.74) is 4.20. The third-order valence-corrected chi connectivity index (χ3v) is 4.78. The molecule has 0 atom stereocenters. The summed E-state index contributed by atoms with van der Waals surface area (Å²) in [6.45, 7) is 7.28. The van der Waals surface area contributed by atoms with E-state index in [1.54, 1.807) is 18.5 Å². The molecule has 4 rings (SSSR count). The summed E-state index contributed by atoms with van der Waals surface area (Å²) in [5, 5.41) is 10.3. The average Bonchev–Trinajstić information content (AvgIpc) is 3.07. The highest BCUT2D eigenvalue weighted by molar-refractivity contribution is 6.04. The smallest absolute Gasteiger partial charge is 0.274 e. The van der Waals surface area contributed by atoms with E-state index in [0.717, 1.165) is 43.1 Å². The summed E-state index contributed by atoms with van der Waals surface area (Å²) in [6, 6.07) is 7.27. The van der Waals surface area contributed by atoms with Crippen molar-refractivity contribution >= 4 is 17.3 Å². The normalized spacial score (nSPS) is 14.1. The van der Waals surface area contributed by atoms with Crippen LogP contribution in [0.25, 0.3) is 11.3 Å². The number of nitrogens with zero attached hydrogens (tertiary/aromatic N) is 4. The van der Waals surface area contributed by atoms with Gasteiger partial charge in [0.25, 0.3) is 5.91 Å². The van der Waals surface area contributed by atoms with E-state index in [0.29, 0.717) is 22.8 Å². The fraction of sp³-hybridized carbons (Fsp3) is 0.300. The lowest BCUT2D eigenvalue weighted by Crippen LogP contribution is -2.43. The van der Waals surface area contributed by atoms with Crippen molar-refractivity contribution in [3.8, 4) is 11.3 Å². The predicted molar refractivity (Wildman–Crippen MR) is 106 cm³/mol. The highest BCUT2D eigenvalue weighted by Crippen LogP contribution is 2.27. The Kier molecular flexibility index (Phi) is 5.03. The molecule has 0 saturated carbocycles. The Balaban J connectivity index is 1.59. The first-order valence-corrected chi connectivity index (χ1v) is 9.25. The monoisotopic (exact) mass is 378 g/mol. The van der Waals surface area contributed by atoms with Gasteiger partial charge in [0.05, 0.1) is 34.5 Å². The van der Waals surface area contributed by atoms with E-state index < -0.39 is 0 Å². The number of anilines is 2. The first-order chi connectivity index (χ1) is 13.6. The van der Waals surface area contributed by atoms with E-state index in [4.69, 9.17) is 4.52 Å². The second kappa shape index (κ2) is 7.77. The lowest BCUT2D eigenvalue weighted by atomic mass is 10.1. The number of amides is 1. The van der Waals surface area contributed by atoms with Crippen LogP contribution >= 0.6 is 0 Å². The van der Waals surface area contributed by atoms with E-state index in [9.17, 15) is 4.79 Å². The molecule has 8 nitrogen and oxygen atoms in total. The van der Waals surface area contributed by atoms with Crippen LogP contribution in [-0.2, 0) is 0 Å². The zero-order chi connectivity index (χ0) is 19.5. The van der Waals surface area contributed by atoms with Crippen LogP contribution in [0.4, 0.5) is 11.4 Å².